The zero-order chi connectivity index (χ0) is 18.4. The first kappa shape index (κ1) is 17.9. The van der Waals surface area contributed by atoms with Crippen molar-refractivity contribution >= 4 is 27.5 Å². The zero-order valence-electron chi connectivity index (χ0n) is 14.9. The lowest BCUT2D eigenvalue weighted by atomic mass is 9.95. The van der Waals surface area contributed by atoms with Crippen molar-refractivity contribution in [1.82, 2.24) is 4.90 Å². The van der Waals surface area contributed by atoms with E-state index < -0.39 is 21.3 Å². The first-order valence-corrected chi connectivity index (χ1v) is 10.2. The molecule has 2 fully saturated rings. The highest BCUT2D eigenvalue weighted by atomic mass is 32.2. The number of nitrogens with zero attached hydrogens (tertiary/aromatic N) is 2. The summed E-state index contributed by atoms with van der Waals surface area (Å²) in [7, 11) is -3.67. The van der Waals surface area contributed by atoms with Gasteiger partial charge in [-0.25, -0.2) is 12.7 Å². The van der Waals surface area contributed by atoms with E-state index >= 15 is 0 Å². The van der Waals surface area contributed by atoms with Crippen LogP contribution in [0.1, 0.15) is 44.0 Å². The van der Waals surface area contributed by atoms with Crippen LogP contribution in [0.15, 0.2) is 24.3 Å². The molecular weight excluding hydrogens is 340 g/mol. The Bertz CT molecular complexity index is 791. The van der Waals surface area contributed by atoms with Crippen LogP contribution in [0.4, 0.5) is 5.69 Å². The molecular formula is C18H24N2O4S. The lowest BCUT2D eigenvalue weighted by Crippen LogP contribution is -2.38. The van der Waals surface area contributed by atoms with Gasteiger partial charge in [-0.05, 0) is 56.9 Å². The van der Waals surface area contributed by atoms with Gasteiger partial charge in [-0.15, -0.1) is 0 Å². The molecule has 0 aliphatic carbocycles. The summed E-state index contributed by atoms with van der Waals surface area (Å²) in [6.45, 7) is 6.93. The van der Waals surface area contributed by atoms with Crippen molar-refractivity contribution < 1.29 is 18.0 Å². The molecule has 0 radical (unpaired) electrons. The molecule has 2 heterocycles. The van der Waals surface area contributed by atoms with Crippen molar-refractivity contribution in [2.24, 2.45) is 11.3 Å². The molecule has 0 saturated carbocycles. The number of benzene rings is 1. The highest BCUT2D eigenvalue weighted by Crippen LogP contribution is 2.35. The fourth-order valence-electron chi connectivity index (χ4n) is 3.40. The fraction of sp³-hybridized carbons (Fsp3) is 0.556. The highest BCUT2D eigenvalue weighted by Gasteiger charge is 2.49. The molecule has 2 aliphatic heterocycles. The Kier molecular flexibility index (Phi) is 4.39. The summed E-state index contributed by atoms with van der Waals surface area (Å²) in [4.78, 5) is 26.8. The minimum atomic E-state index is -3.67. The van der Waals surface area contributed by atoms with Crippen molar-refractivity contribution in [3.05, 3.63) is 29.8 Å². The van der Waals surface area contributed by atoms with Crippen LogP contribution in [-0.4, -0.2) is 44.0 Å². The number of hydrogen-bond acceptors (Lipinski definition) is 4. The highest BCUT2D eigenvalue weighted by molar-refractivity contribution is 7.94. The molecule has 2 amide bonds. The first-order valence-electron chi connectivity index (χ1n) is 8.58. The number of sulfonamides is 1. The van der Waals surface area contributed by atoms with E-state index in [2.05, 4.69) is 6.92 Å². The Morgan fingerprint density at radius 2 is 1.68 bits per heavy atom. The van der Waals surface area contributed by atoms with Crippen molar-refractivity contribution in [1.29, 1.82) is 0 Å². The van der Waals surface area contributed by atoms with E-state index in [0.717, 1.165) is 30.2 Å². The van der Waals surface area contributed by atoms with Gasteiger partial charge in [0.25, 0.3) is 5.91 Å². The Morgan fingerprint density at radius 1 is 1.12 bits per heavy atom. The lowest BCUT2D eigenvalue weighted by Gasteiger charge is -2.30. The molecule has 2 aliphatic rings. The second-order valence-corrected chi connectivity index (χ2v) is 9.55. The van der Waals surface area contributed by atoms with E-state index in [1.807, 2.05) is 4.90 Å². The van der Waals surface area contributed by atoms with Gasteiger partial charge in [0.1, 0.15) is 0 Å². The van der Waals surface area contributed by atoms with Gasteiger partial charge >= 0.3 is 0 Å². The summed E-state index contributed by atoms with van der Waals surface area (Å²) in [6, 6.07) is 6.28. The number of amides is 2. The largest absolute Gasteiger partial charge is 0.339 e. The van der Waals surface area contributed by atoms with Gasteiger partial charge < -0.3 is 4.90 Å². The summed E-state index contributed by atoms with van der Waals surface area (Å²) >= 11 is 0. The predicted octanol–water partition coefficient (Wildman–Crippen LogP) is 2.26. The molecule has 1 aromatic rings. The van der Waals surface area contributed by atoms with E-state index in [9.17, 15) is 18.0 Å². The topological polar surface area (TPSA) is 74.8 Å². The Morgan fingerprint density at radius 3 is 2.16 bits per heavy atom. The van der Waals surface area contributed by atoms with E-state index in [1.54, 1.807) is 26.0 Å². The fourth-order valence-corrected chi connectivity index (χ4v) is 5.50. The maximum Gasteiger partial charge on any atom is 0.253 e. The number of piperidine rings is 1. The summed E-state index contributed by atoms with van der Waals surface area (Å²) in [6.07, 6.45) is 2.00. The normalized spacial score (nSPS) is 23.1. The molecule has 1 aromatic carbocycles. The van der Waals surface area contributed by atoms with E-state index in [1.165, 1.54) is 12.1 Å². The molecule has 7 heteroatoms. The maximum atomic E-state index is 12.6. The molecule has 25 heavy (non-hydrogen) atoms. The number of rotatable bonds is 2. The molecule has 0 atom stereocenters. The number of carbonyl (C=O) groups excluding carboxylic acids is 2. The number of hydrogen-bond donors (Lipinski definition) is 0. The van der Waals surface area contributed by atoms with Crippen LogP contribution in [0.5, 0.6) is 0 Å². The van der Waals surface area contributed by atoms with Crippen LogP contribution >= 0.6 is 0 Å². The van der Waals surface area contributed by atoms with E-state index in [-0.39, 0.29) is 11.7 Å². The lowest BCUT2D eigenvalue weighted by molar-refractivity contribution is -0.123. The Balaban J connectivity index is 1.81. The maximum absolute atomic E-state index is 12.6. The molecule has 136 valence electrons. The van der Waals surface area contributed by atoms with Gasteiger partial charge in [-0.3, -0.25) is 9.59 Å². The zero-order valence-corrected chi connectivity index (χ0v) is 15.7. The number of anilines is 1. The summed E-state index contributed by atoms with van der Waals surface area (Å²) in [5.41, 5.74) is -0.126. The molecule has 0 unspecified atom stereocenters. The van der Waals surface area contributed by atoms with Crippen LogP contribution in [0, 0.1) is 11.3 Å². The van der Waals surface area contributed by atoms with Gasteiger partial charge in [-0.2, -0.15) is 0 Å². The first-order chi connectivity index (χ1) is 11.6. The van der Waals surface area contributed by atoms with Crippen LogP contribution in [-0.2, 0) is 14.8 Å². The van der Waals surface area contributed by atoms with Crippen LogP contribution in [0.2, 0.25) is 0 Å². The average Bonchev–Trinajstić information content (AvgIpc) is 2.71. The minimum Gasteiger partial charge on any atom is -0.339 e. The van der Waals surface area contributed by atoms with Crippen molar-refractivity contribution in [3.8, 4) is 0 Å². The predicted molar refractivity (Wildman–Crippen MR) is 95.8 cm³/mol. The summed E-state index contributed by atoms with van der Waals surface area (Å²) in [5.74, 6) is -0.0435. The molecule has 0 spiro atoms. The van der Waals surface area contributed by atoms with Crippen molar-refractivity contribution in [3.63, 3.8) is 0 Å². The van der Waals surface area contributed by atoms with Crippen LogP contribution in [0.25, 0.3) is 0 Å². The Labute approximate surface area is 148 Å². The second-order valence-electron chi connectivity index (χ2n) is 7.73. The third kappa shape index (κ3) is 3.29. The monoisotopic (exact) mass is 364 g/mol. The van der Waals surface area contributed by atoms with Gasteiger partial charge in [-0.1, -0.05) is 6.92 Å². The van der Waals surface area contributed by atoms with Crippen LogP contribution < -0.4 is 4.31 Å². The number of likely N-dealkylation sites (tertiary alicyclic amines) is 1. The summed E-state index contributed by atoms with van der Waals surface area (Å²) in [5, 5.41) is 0. The summed E-state index contributed by atoms with van der Waals surface area (Å²) < 4.78 is 25.5. The van der Waals surface area contributed by atoms with Crippen molar-refractivity contribution in [2.75, 3.05) is 23.1 Å². The third-order valence-corrected chi connectivity index (χ3v) is 7.02. The standard InChI is InChI=1S/C18H24N2O4S/c1-13-8-10-19(11-9-13)16(21)14-4-6-15(7-5-14)20-17(22)18(2,3)12-25(20,23)24/h4-7,13H,8-12H2,1-3H3. The molecule has 2 saturated heterocycles. The molecule has 0 N–H and O–H groups in total. The number of carbonyl (C=O) groups is 2. The SMILES string of the molecule is CC1CCN(C(=O)c2ccc(N3C(=O)C(C)(C)CS3(=O)=O)cc2)CC1. The quantitative estimate of drug-likeness (QED) is 0.807. The Hall–Kier alpha value is -1.89. The third-order valence-electron chi connectivity index (χ3n) is 5.00. The van der Waals surface area contributed by atoms with Gasteiger partial charge in [0.15, 0.2) is 0 Å². The molecule has 6 nitrogen and oxygen atoms in total. The molecule has 0 aromatic heterocycles. The minimum absolute atomic E-state index is 0.0469. The molecule has 3 rings (SSSR count). The smallest absolute Gasteiger partial charge is 0.253 e. The molecule has 0 bridgehead atoms. The van der Waals surface area contributed by atoms with Gasteiger partial charge in [0, 0.05) is 18.7 Å². The van der Waals surface area contributed by atoms with Gasteiger partial charge in [0.05, 0.1) is 16.9 Å². The van der Waals surface area contributed by atoms with Gasteiger partial charge in [0.2, 0.25) is 15.9 Å². The van der Waals surface area contributed by atoms with Crippen LogP contribution in [0.3, 0.4) is 0 Å². The average molecular weight is 364 g/mol. The van der Waals surface area contributed by atoms with E-state index in [4.69, 9.17) is 0 Å². The van der Waals surface area contributed by atoms with Crippen molar-refractivity contribution in [2.45, 2.75) is 33.6 Å². The van der Waals surface area contributed by atoms with E-state index in [0.29, 0.717) is 17.2 Å². The second kappa shape index (κ2) is 6.12.